The van der Waals surface area contributed by atoms with Gasteiger partial charge in [-0.1, -0.05) is 24.3 Å². The zero-order valence-electron chi connectivity index (χ0n) is 11.2. The Morgan fingerprint density at radius 1 is 0.944 bits per heavy atom. The van der Waals surface area contributed by atoms with Gasteiger partial charge < -0.3 is 4.90 Å². The Hall–Kier alpha value is -0.860. The Labute approximate surface area is 110 Å². The van der Waals surface area contributed by atoms with Crippen molar-refractivity contribution in [2.45, 2.75) is 30.7 Å². The fourth-order valence-electron chi connectivity index (χ4n) is 4.38. The summed E-state index contributed by atoms with van der Waals surface area (Å²) in [5.41, 5.74) is 3.32. The Balaban J connectivity index is 1.57. The van der Waals surface area contributed by atoms with Gasteiger partial charge in [-0.2, -0.15) is 0 Å². The molecule has 0 aromatic heterocycles. The van der Waals surface area contributed by atoms with Gasteiger partial charge in [0.1, 0.15) is 0 Å². The number of piperazine rings is 1. The second kappa shape index (κ2) is 4.07. The maximum absolute atomic E-state index is 2.76. The minimum Gasteiger partial charge on any atom is -0.304 e. The van der Waals surface area contributed by atoms with Crippen LogP contribution in [0.2, 0.25) is 0 Å². The molecule has 1 heterocycles. The van der Waals surface area contributed by atoms with Crippen LogP contribution in [-0.4, -0.2) is 49.1 Å². The molecule has 3 unspecified atom stereocenters. The summed E-state index contributed by atoms with van der Waals surface area (Å²) >= 11 is 0. The topological polar surface area (TPSA) is 6.48 Å². The van der Waals surface area contributed by atoms with E-state index in [2.05, 4.69) is 41.1 Å². The van der Waals surface area contributed by atoms with Crippen LogP contribution in [0.3, 0.4) is 0 Å². The molecule has 0 amide bonds. The number of fused-ring (bicyclic) bond motifs is 5. The summed E-state index contributed by atoms with van der Waals surface area (Å²) in [6.45, 7) is 5.03. The average Bonchev–Trinajstić information content (AvgIpc) is 2.99. The van der Waals surface area contributed by atoms with Gasteiger partial charge in [-0.25, -0.2) is 0 Å². The van der Waals surface area contributed by atoms with Crippen molar-refractivity contribution in [1.82, 2.24) is 9.80 Å². The molecule has 2 bridgehead atoms. The van der Waals surface area contributed by atoms with E-state index >= 15 is 0 Å². The molecule has 1 aromatic carbocycles. The smallest absolute Gasteiger partial charge is 0.0171 e. The molecule has 1 aromatic rings. The summed E-state index contributed by atoms with van der Waals surface area (Å²) < 4.78 is 0. The van der Waals surface area contributed by atoms with E-state index in [-0.39, 0.29) is 0 Å². The molecule has 3 aliphatic rings. The third-order valence-corrected chi connectivity index (χ3v) is 5.37. The molecule has 2 aliphatic carbocycles. The maximum atomic E-state index is 2.76. The highest BCUT2D eigenvalue weighted by atomic mass is 15.3. The number of benzene rings is 1. The SMILES string of the molecule is CN1CCN(C2CC3CC2c2ccccc23)CC1. The zero-order valence-corrected chi connectivity index (χ0v) is 11.2. The minimum absolute atomic E-state index is 0.828. The third-order valence-electron chi connectivity index (χ3n) is 5.37. The number of nitrogens with zero attached hydrogens (tertiary/aromatic N) is 2. The van der Waals surface area contributed by atoms with E-state index in [1.165, 1.54) is 39.0 Å². The Morgan fingerprint density at radius 2 is 1.67 bits per heavy atom. The van der Waals surface area contributed by atoms with Crippen LogP contribution < -0.4 is 0 Å². The summed E-state index contributed by atoms with van der Waals surface area (Å²) in [6.07, 6.45) is 2.82. The molecule has 2 nitrogen and oxygen atoms in total. The van der Waals surface area contributed by atoms with Gasteiger partial charge in [-0.05, 0) is 36.9 Å². The molecule has 0 N–H and O–H groups in total. The van der Waals surface area contributed by atoms with Crippen molar-refractivity contribution in [2.24, 2.45) is 0 Å². The van der Waals surface area contributed by atoms with Crippen LogP contribution in [0.15, 0.2) is 24.3 Å². The molecule has 1 aliphatic heterocycles. The third kappa shape index (κ3) is 1.55. The molecule has 96 valence electrons. The van der Waals surface area contributed by atoms with E-state index in [1.54, 1.807) is 11.1 Å². The van der Waals surface area contributed by atoms with Crippen molar-refractivity contribution in [3.8, 4) is 0 Å². The highest BCUT2D eigenvalue weighted by Gasteiger charge is 2.45. The predicted octanol–water partition coefficient (Wildman–Crippen LogP) is 2.28. The largest absolute Gasteiger partial charge is 0.304 e. The molecule has 0 spiro atoms. The summed E-state index contributed by atoms with van der Waals surface area (Å²) in [5, 5.41) is 0. The van der Waals surface area contributed by atoms with Crippen LogP contribution in [0.1, 0.15) is 35.8 Å². The molecule has 2 heteroatoms. The normalized spacial score (nSPS) is 35.9. The first-order chi connectivity index (χ1) is 8.83. The molecule has 18 heavy (non-hydrogen) atoms. The van der Waals surface area contributed by atoms with Crippen molar-refractivity contribution in [2.75, 3.05) is 33.2 Å². The summed E-state index contributed by atoms with van der Waals surface area (Å²) in [6, 6.07) is 10.0. The molecule has 0 radical (unpaired) electrons. The zero-order chi connectivity index (χ0) is 12.1. The molecule has 4 rings (SSSR count). The quantitative estimate of drug-likeness (QED) is 0.745. The van der Waals surface area contributed by atoms with Gasteiger partial charge in [0.15, 0.2) is 0 Å². The standard InChI is InChI=1S/C16H22N2/c1-17-6-8-18(9-7-17)16-11-12-10-15(16)14-5-3-2-4-13(12)14/h2-5,12,15-16H,6-11H2,1H3. The molecule has 2 fully saturated rings. The van der Waals surface area contributed by atoms with Crippen molar-refractivity contribution in [1.29, 1.82) is 0 Å². The monoisotopic (exact) mass is 242 g/mol. The maximum Gasteiger partial charge on any atom is 0.0171 e. The van der Waals surface area contributed by atoms with E-state index < -0.39 is 0 Å². The first-order valence-electron chi connectivity index (χ1n) is 7.34. The van der Waals surface area contributed by atoms with Crippen molar-refractivity contribution in [3.05, 3.63) is 35.4 Å². The van der Waals surface area contributed by atoms with E-state index in [1.807, 2.05) is 0 Å². The number of rotatable bonds is 1. The molecule has 1 saturated heterocycles. The minimum atomic E-state index is 0.828. The second-order valence-corrected chi connectivity index (χ2v) is 6.31. The molecule has 1 saturated carbocycles. The Bertz CT molecular complexity index is 448. The average molecular weight is 242 g/mol. The van der Waals surface area contributed by atoms with Gasteiger partial charge in [-0.15, -0.1) is 0 Å². The Morgan fingerprint density at radius 3 is 2.44 bits per heavy atom. The van der Waals surface area contributed by atoms with E-state index in [4.69, 9.17) is 0 Å². The van der Waals surface area contributed by atoms with Crippen LogP contribution in [0.25, 0.3) is 0 Å². The highest BCUT2D eigenvalue weighted by Crippen LogP contribution is 2.54. The Kier molecular flexibility index (Phi) is 2.49. The lowest BCUT2D eigenvalue weighted by Crippen LogP contribution is -2.50. The van der Waals surface area contributed by atoms with Gasteiger partial charge >= 0.3 is 0 Å². The van der Waals surface area contributed by atoms with Crippen LogP contribution >= 0.6 is 0 Å². The lowest BCUT2D eigenvalue weighted by Gasteiger charge is -2.40. The van der Waals surface area contributed by atoms with E-state index in [0.29, 0.717) is 0 Å². The second-order valence-electron chi connectivity index (χ2n) is 6.31. The van der Waals surface area contributed by atoms with Gasteiger partial charge in [0, 0.05) is 38.1 Å². The van der Waals surface area contributed by atoms with Crippen molar-refractivity contribution >= 4 is 0 Å². The lowest BCUT2D eigenvalue weighted by atomic mass is 9.87. The molecular weight excluding hydrogens is 220 g/mol. The van der Waals surface area contributed by atoms with Gasteiger partial charge in [0.05, 0.1) is 0 Å². The van der Waals surface area contributed by atoms with Gasteiger partial charge in [-0.3, -0.25) is 4.90 Å². The summed E-state index contributed by atoms with van der Waals surface area (Å²) in [7, 11) is 2.24. The highest BCUT2D eigenvalue weighted by molar-refractivity contribution is 5.43. The summed E-state index contributed by atoms with van der Waals surface area (Å²) in [5.74, 6) is 1.69. The number of hydrogen-bond acceptors (Lipinski definition) is 2. The van der Waals surface area contributed by atoms with Crippen molar-refractivity contribution < 1.29 is 0 Å². The van der Waals surface area contributed by atoms with Gasteiger partial charge in [0.25, 0.3) is 0 Å². The predicted molar refractivity (Wildman–Crippen MR) is 74.0 cm³/mol. The van der Waals surface area contributed by atoms with Crippen LogP contribution in [0.5, 0.6) is 0 Å². The van der Waals surface area contributed by atoms with Gasteiger partial charge in [0.2, 0.25) is 0 Å². The number of likely N-dealkylation sites (N-methyl/N-ethyl adjacent to an activating group) is 1. The molecule has 3 atom stereocenters. The first-order valence-corrected chi connectivity index (χ1v) is 7.34. The fourth-order valence-corrected chi connectivity index (χ4v) is 4.38. The van der Waals surface area contributed by atoms with E-state index in [0.717, 1.165) is 17.9 Å². The fraction of sp³-hybridized carbons (Fsp3) is 0.625. The van der Waals surface area contributed by atoms with Crippen molar-refractivity contribution in [3.63, 3.8) is 0 Å². The lowest BCUT2D eigenvalue weighted by molar-refractivity contribution is 0.103. The molecular formula is C16H22N2. The van der Waals surface area contributed by atoms with Crippen LogP contribution in [0, 0.1) is 0 Å². The van der Waals surface area contributed by atoms with E-state index in [9.17, 15) is 0 Å². The van der Waals surface area contributed by atoms with Crippen LogP contribution in [-0.2, 0) is 0 Å². The summed E-state index contributed by atoms with van der Waals surface area (Å²) in [4.78, 5) is 5.22. The first kappa shape index (κ1) is 11.0. The number of hydrogen-bond donors (Lipinski definition) is 0. The van der Waals surface area contributed by atoms with Crippen LogP contribution in [0.4, 0.5) is 0 Å².